The first-order valence-corrected chi connectivity index (χ1v) is 9.76. The number of hydrogen-bond donors (Lipinski definition) is 3. The Morgan fingerprint density at radius 3 is 2.22 bits per heavy atom. The first kappa shape index (κ1) is 20.8. The van der Waals surface area contributed by atoms with Crippen molar-refractivity contribution in [3.8, 4) is 0 Å². The molecule has 2 atom stereocenters. The summed E-state index contributed by atoms with van der Waals surface area (Å²) in [5.41, 5.74) is 6.51. The van der Waals surface area contributed by atoms with Crippen LogP contribution in [0.2, 0.25) is 0 Å². The van der Waals surface area contributed by atoms with Gasteiger partial charge in [0.15, 0.2) is 11.6 Å². The lowest BCUT2D eigenvalue weighted by molar-refractivity contribution is -0.118. The summed E-state index contributed by atoms with van der Waals surface area (Å²) in [5.74, 6) is -2.70. The third kappa shape index (κ3) is 5.24. The Balaban J connectivity index is 2.08. The summed E-state index contributed by atoms with van der Waals surface area (Å²) in [6, 6.07) is 7.52. The van der Waals surface area contributed by atoms with Crippen LogP contribution in [0.1, 0.15) is 20.3 Å². The fourth-order valence-electron chi connectivity index (χ4n) is 2.22. The molecule has 0 heterocycles. The van der Waals surface area contributed by atoms with E-state index in [1.807, 2.05) is 13.8 Å². The first-order chi connectivity index (χ1) is 12.6. The van der Waals surface area contributed by atoms with Crippen molar-refractivity contribution in [2.75, 3.05) is 10.0 Å². The lowest BCUT2D eigenvalue weighted by Gasteiger charge is -2.17. The summed E-state index contributed by atoms with van der Waals surface area (Å²) >= 11 is 0. The summed E-state index contributed by atoms with van der Waals surface area (Å²) in [6.07, 6.45) is 0.763. The molecule has 0 saturated carbocycles. The number of amides is 1. The molecule has 9 heteroatoms. The average molecular weight is 397 g/mol. The number of anilines is 2. The first-order valence-electron chi connectivity index (χ1n) is 8.28. The predicted molar refractivity (Wildman–Crippen MR) is 99.7 cm³/mol. The molecule has 2 aromatic carbocycles. The second kappa shape index (κ2) is 8.45. The van der Waals surface area contributed by atoms with E-state index in [4.69, 9.17) is 5.73 Å². The molecule has 0 aliphatic rings. The number of rotatable bonds is 7. The fourth-order valence-corrected chi connectivity index (χ4v) is 3.29. The molecule has 0 aliphatic heterocycles. The lowest BCUT2D eigenvalue weighted by atomic mass is 9.99. The van der Waals surface area contributed by atoms with Gasteiger partial charge in [0.1, 0.15) is 0 Å². The van der Waals surface area contributed by atoms with Gasteiger partial charge in [-0.15, -0.1) is 0 Å². The van der Waals surface area contributed by atoms with Crippen molar-refractivity contribution in [3.63, 3.8) is 0 Å². The van der Waals surface area contributed by atoms with Crippen LogP contribution in [0.3, 0.4) is 0 Å². The van der Waals surface area contributed by atoms with Crippen LogP contribution in [0.15, 0.2) is 47.4 Å². The smallest absolute Gasteiger partial charge is 0.261 e. The van der Waals surface area contributed by atoms with Crippen molar-refractivity contribution in [1.82, 2.24) is 0 Å². The van der Waals surface area contributed by atoms with Crippen molar-refractivity contribution in [2.45, 2.75) is 31.2 Å². The zero-order valence-electron chi connectivity index (χ0n) is 14.9. The van der Waals surface area contributed by atoms with Crippen LogP contribution in [0.4, 0.5) is 20.2 Å². The van der Waals surface area contributed by atoms with Gasteiger partial charge in [0.25, 0.3) is 10.0 Å². The van der Waals surface area contributed by atoms with Gasteiger partial charge in [-0.25, -0.2) is 17.2 Å². The summed E-state index contributed by atoms with van der Waals surface area (Å²) < 4.78 is 52.9. The molecule has 27 heavy (non-hydrogen) atoms. The number of carbonyl (C=O) groups excluding carboxylic acids is 1. The molecule has 0 aromatic heterocycles. The van der Waals surface area contributed by atoms with Crippen LogP contribution in [-0.2, 0) is 14.8 Å². The minimum absolute atomic E-state index is 0.0205. The molecule has 146 valence electrons. The van der Waals surface area contributed by atoms with Gasteiger partial charge >= 0.3 is 0 Å². The van der Waals surface area contributed by atoms with Crippen molar-refractivity contribution in [2.24, 2.45) is 11.7 Å². The maximum atomic E-state index is 13.3. The molecule has 2 unspecified atom stereocenters. The summed E-state index contributed by atoms with van der Waals surface area (Å²) in [5, 5.41) is 2.66. The normalized spacial score (nSPS) is 13.7. The van der Waals surface area contributed by atoms with E-state index < -0.39 is 32.6 Å². The monoisotopic (exact) mass is 397 g/mol. The van der Waals surface area contributed by atoms with E-state index in [0.717, 1.165) is 18.6 Å². The van der Waals surface area contributed by atoms with Crippen molar-refractivity contribution >= 4 is 27.3 Å². The Hall–Kier alpha value is -2.52. The Labute approximate surface area is 156 Å². The van der Waals surface area contributed by atoms with E-state index in [2.05, 4.69) is 10.0 Å². The molecule has 0 radical (unpaired) electrons. The molecule has 2 rings (SSSR count). The Bertz CT molecular complexity index is 918. The van der Waals surface area contributed by atoms with E-state index in [1.165, 1.54) is 24.3 Å². The number of halogens is 2. The van der Waals surface area contributed by atoms with E-state index >= 15 is 0 Å². The number of sulfonamides is 1. The molecule has 0 fully saturated rings. The van der Waals surface area contributed by atoms with Gasteiger partial charge in [-0.1, -0.05) is 20.3 Å². The van der Waals surface area contributed by atoms with Gasteiger partial charge in [-0.2, -0.15) is 0 Å². The number of nitrogens with one attached hydrogen (secondary N) is 2. The topological polar surface area (TPSA) is 101 Å². The lowest BCUT2D eigenvalue weighted by Crippen LogP contribution is -2.40. The maximum absolute atomic E-state index is 13.3. The second-order valence-corrected chi connectivity index (χ2v) is 7.84. The third-order valence-electron chi connectivity index (χ3n) is 4.17. The molecule has 4 N–H and O–H groups in total. The van der Waals surface area contributed by atoms with Crippen LogP contribution >= 0.6 is 0 Å². The molecular weight excluding hydrogens is 376 g/mol. The number of carbonyl (C=O) groups is 1. The van der Waals surface area contributed by atoms with Crippen molar-refractivity contribution < 1.29 is 22.0 Å². The third-order valence-corrected chi connectivity index (χ3v) is 5.54. The second-order valence-electron chi connectivity index (χ2n) is 6.16. The SMILES string of the molecule is CCC(C)C(N)C(=O)Nc1ccc(NS(=O)(=O)c2ccc(F)c(F)c2)cc1. The predicted octanol–water partition coefficient (Wildman–Crippen LogP) is 3.08. The zero-order chi connectivity index (χ0) is 20.2. The highest BCUT2D eigenvalue weighted by atomic mass is 32.2. The van der Waals surface area contributed by atoms with E-state index in [-0.39, 0.29) is 17.5 Å². The van der Waals surface area contributed by atoms with Crippen LogP contribution in [0, 0.1) is 17.6 Å². The minimum Gasteiger partial charge on any atom is -0.325 e. The quantitative estimate of drug-likeness (QED) is 0.668. The molecule has 0 saturated heterocycles. The summed E-state index contributed by atoms with van der Waals surface area (Å²) in [6.45, 7) is 3.81. The maximum Gasteiger partial charge on any atom is 0.261 e. The zero-order valence-corrected chi connectivity index (χ0v) is 15.7. The van der Waals surface area contributed by atoms with Gasteiger partial charge in [0.2, 0.25) is 5.91 Å². The van der Waals surface area contributed by atoms with Crippen molar-refractivity contribution in [1.29, 1.82) is 0 Å². The van der Waals surface area contributed by atoms with Crippen LogP contribution in [0.25, 0.3) is 0 Å². The van der Waals surface area contributed by atoms with Gasteiger partial charge in [-0.3, -0.25) is 9.52 Å². The van der Waals surface area contributed by atoms with Crippen LogP contribution < -0.4 is 15.8 Å². The number of hydrogen-bond acceptors (Lipinski definition) is 4. The largest absolute Gasteiger partial charge is 0.325 e. The highest BCUT2D eigenvalue weighted by Gasteiger charge is 2.20. The van der Waals surface area contributed by atoms with Gasteiger partial charge in [-0.05, 0) is 48.4 Å². The minimum atomic E-state index is -4.08. The molecule has 6 nitrogen and oxygen atoms in total. The van der Waals surface area contributed by atoms with Crippen molar-refractivity contribution in [3.05, 3.63) is 54.1 Å². The highest BCUT2D eigenvalue weighted by molar-refractivity contribution is 7.92. The standard InChI is InChI=1S/C18H21F2N3O3S/c1-3-11(2)17(21)18(24)22-12-4-6-13(7-5-12)23-27(25,26)14-8-9-15(19)16(20)10-14/h4-11,17,23H,3,21H2,1-2H3,(H,22,24). The van der Waals surface area contributed by atoms with E-state index in [1.54, 1.807) is 0 Å². The fraction of sp³-hybridized carbons (Fsp3) is 0.278. The molecular formula is C18H21F2N3O3S. The highest BCUT2D eigenvalue weighted by Crippen LogP contribution is 2.20. The molecule has 0 aliphatic carbocycles. The van der Waals surface area contributed by atoms with E-state index in [0.29, 0.717) is 11.8 Å². The number of benzene rings is 2. The van der Waals surface area contributed by atoms with Crippen LogP contribution in [0.5, 0.6) is 0 Å². The Kier molecular flexibility index (Phi) is 6.50. The molecule has 2 aromatic rings. The Morgan fingerprint density at radius 1 is 1.07 bits per heavy atom. The molecule has 1 amide bonds. The number of nitrogens with two attached hydrogens (primary N) is 1. The Morgan fingerprint density at radius 2 is 1.67 bits per heavy atom. The van der Waals surface area contributed by atoms with Crippen LogP contribution in [-0.4, -0.2) is 20.4 Å². The van der Waals surface area contributed by atoms with Gasteiger partial charge < -0.3 is 11.1 Å². The molecule has 0 bridgehead atoms. The van der Waals surface area contributed by atoms with Gasteiger partial charge in [0, 0.05) is 11.4 Å². The summed E-state index contributed by atoms with van der Waals surface area (Å²) in [7, 11) is -4.08. The van der Waals surface area contributed by atoms with E-state index in [9.17, 15) is 22.0 Å². The average Bonchev–Trinajstić information content (AvgIpc) is 2.63. The molecule has 0 spiro atoms. The van der Waals surface area contributed by atoms with Gasteiger partial charge in [0.05, 0.1) is 10.9 Å². The summed E-state index contributed by atoms with van der Waals surface area (Å²) in [4.78, 5) is 11.7.